The highest BCUT2D eigenvalue weighted by molar-refractivity contribution is 7.88. The maximum atomic E-state index is 12.6. The van der Waals surface area contributed by atoms with Crippen LogP contribution in [-0.2, 0) is 27.1 Å². The van der Waals surface area contributed by atoms with Crippen molar-refractivity contribution in [3.05, 3.63) is 69.7 Å². The first kappa shape index (κ1) is 21.1. The van der Waals surface area contributed by atoms with Crippen molar-refractivity contribution in [2.75, 3.05) is 13.1 Å². The van der Waals surface area contributed by atoms with Gasteiger partial charge in [-0.25, -0.2) is 12.7 Å². The Bertz CT molecular complexity index is 928. The zero-order chi connectivity index (χ0) is 20.1. The first-order valence-electron chi connectivity index (χ1n) is 9.08. The van der Waals surface area contributed by atoms with E-state index in [0.717, 1.165) is 11.1 Å². The molecule has 1 aliphatic rings. The average Bonchev–Trinajstić information content (AvgIpc) is 2.67. The lowest BCUT2D eigenvalue weighted by molar-refractivity contribution is -0.126. The van der Waals surface area contributed by atoms with E-state index in [-0.39, 0.29) is 17.6 Å². The molecule has 0 radical (unpaired) electrons. The molecule has 2 aromatic rings. The van der Waals surface area contributed by atoms with E-state index < -0.39 is 10.0 Å². The second kappa shape index (κ2) is 9.27. The second-order valence-electron chi connectivity index (χ2n) is 6.87. The van der Waals surface area contributed by atoms with Crippen molar-refractivity contribution >= 4 is 39.1 Å². The van der Waals surface area contributed by atoms with E-state index in [1.807, 2.05) is 18.2 Å². The number of halogens is 2. The summed E-state index contributed by atoms with van der Waals surface area (Å²) in [7, 11) is -3.38. The van der Waals surface area contributed by atoms with Gasteiger partial charge in [0.25, 0.3) is 0 Å². The van der Waals surface area contributed by atoms with Crippen LogP contribution in [0.3, 0.4) is 0 Å². The predicted molar refractivity (Wildman–Crippen MR) is 112 cm³/mol. The van der Waals surface area contributed by atoms with Gasteiger partial charge in [0.2, 0.25) is 15.9 Å². The molecule has 0 atom stereocenters. The fourth-order valence-electron chi connectivity index (χ4n) is 3.26. The van der Waals surface area contributed by atoms with Crippen LogP contribution in [0.2, 0.25) is 10.0 Å². The van der Waals surface area contributed by atoms with E-state index in [4.69, 9.17) is 23.2 Å². The quantitative estimate of drug-likeness (QED) is 0.741. The summed E-state index contributed by atoms with van der Waals surface area (Å²) in [5, 5.41) is 3.94. The van der Waals surface area contributed by atoms with Gasteiger partial charge in [-0.1, -0.05) is 59.6 Å². The molecule has 150 valence electrons. The van der Waals surface area contributed by atoms with Crippen molar-refractivity contribution in [2.45, 2.75) is 25.1 Å². The van der Waals surface area contributed by atoms with Crippen molar-refractivity contribution in [1.29, 1.82) is 0 Å². The molecule has 2 aromatic carbocycles. The van der Waals surface area contributed by atoms with Crippen molar-refractivity contribution in [2.24, 2.45) is 5.92 Å². The number of carbonyl (C=O) groups excluding carboxylic acids is 1. The highest BCUT2D eigenvalue weighted by Crippen LogP contribution is 2.23. The molecule has 0 unspecified atom stereocenters. The van der Waals surface area contributed by atoms with Crippen molar-refractivity contribution in [3.63, 3.8) is 0 Å². The maximum Gasteiger partial charge on any atom is 0.223 e. The minimum Gasteiger partial charge on any atom is -0.352 e. The predicted octanol–water partition coefficient (Wildman–Crippen LogP) is 3.85. The summed E-state index contributed by atoms with van der Waals surface area (Å²) >= 11 is 12.0. The van der Waals surface area contributed by atoms with E-state index in [2.05, 4.69) is 5.32 Å². The Morgan fingerprint density at radius 2 is 1.75 bits per heavy atom. The van der Waals surface area contributed by atoms with E-state index in [0.29, 0.717) is 42.5 Å². The number of carbonyl (C=O) groups is 1. The van der Waals surface area contributed by atoms with E-state index in [9.17, 15) is 13.2 Å². The van der Waals surface area contributed by atoms with Gasteiger partial charge in [-0.05, 0) is 36.1 Å². The molecule has 0 aliphatic carbocycles. The number of sulfonamides is 1. The Morgan fingerprint density at radius 3 is 2.39 bits per heavy atom. The molecule has 0 bridgehead atoms. The van der Waals surface area contributed by atoms with E-state index in [1.54, 1.807) is 30.3 Å². The van der Waals surface area contributed by atoms with Gasteiger partial charge in [-0.15, -0.1) is 0 Å². The molecule has 5 nitrogen and oxygen atoms in total. The summed E-state index contributed by atoms with van der Waals surface area (Å²) in [6.07, 6.45) is 1.02. The molecular weight excluding hydrogens is 419 g/mol. The molecule has 1 N–H and O–H groups in total. The smallest absolute Gasteiger partial charge is 0.223 e. The molecular formula is C20H22Cl2N2O3S. The number of hydrogen-bond acceptors (Lipinski definition) is 3. The molecule has 1 aliphatic heterocycles. The average molecular weight is 441 g/mol. The van der Waals surface area contributed by atoms with Gasteiger partial charge in [0.1, 0.15) is 0 Å². The summed E-state index contributed by atoms with van der Waals surface area (Å²) in [5.74, 6) is -0.292. The fraction of sp³-hybridized carbons (Fsp3) is 0.350. The Labute approximate surface area is 175 Å². The van der Waals surface area contributed by atoms with Gasteiger partial charge in [-0.3, -0.25) is 4.79 Å². The first-order valence-corrected chi connectivity index (χ1v) is 11.4. The number of nitrogens with one attached hydrogen (secondary N) is 1. The minimum absolute atomic E-state index is 0.0141. The third kappa shape index (κ3) is 5.47. The van der Waals surface area contributed by atoms with E-state index >= 15 is 0 Å². The Morgan fingerprint density at radius 1 is 1.07 bits per heavy atom. The third-order valence-electron chi connectivity index (χ3n) is 4.88. The monoisotopic (exact) mass is 440 g/mol. The van der Waals surface area contributed by atoms with Crippen LogP contribution in [0.25, 0.3) is 0 Å². The van der Waals surface area contributed by atoms with Gasteiger partial charge in [-0.2, -0.15) is 0 Å². The van der Waals surface area contributed by atoms with Crippen LogP contribution in [0, 0.1) is 5.92 Å². The first-order chi connectivity index (χ1) is 13.3. The van der Waals surface area contributed by atoms with Gasteiger partial charge in [0.05, 0.1) is 5.75 Å². The van der Waals surface area contributed by atoms with Crippen molar-refractivity contribution in [3.8, 4) is 0 Å². The van der Waals surface area contributed by atoms with Gasteiger partial charge in [0.15, 0.2) is 0 Å². The summed E-state index contributed by atoms with van der Waals surface area (Å²) in [5.41, 5.74) is 1.56. The van der Waals surface area contributed by atoms with Gasteiger partial charge < -0.3 is 5.32 Å². The highest BCUT2D eigenvalue weighted by Gasteiger charge is 2.31. The largest absolute Gasteiger partial charge is 0.352 e. The highest BCUT2D eigenvalue weighted by atomic mass is 35.5. The normalized spacial score (nSPS) is 16.1. The molecule has 0 spiro atoms. The Hall–Kier alpha value is -1.60. The van der Waals surface area contributed by atoms with Gasteiger partial charge >= 0.3 is 0 Å². The zero-order valence-corrected chi connectivity index (χ0v) is 17.6. The number of hydrogen-bond donors (Lipinski definition) is 1. The summed E-state index contributed by atoms with van der Waals surface area (Å²) in [6.45, 7) is 1.03. The second-order valence-corrected chi connectivity index (χ2v) is 9.68. The third-order valence-corrected chi connectivity index (χ3v) is 7.32. The summed E-state index contributed by atoms with van der Waals surface area (Å²) in [6, 6.07) is 14.3. The summed E-state index contributed by atoms with van der Waals surface area (Å²) in [4.78, 5) is 12.4. The molecule has 1 amide bonds. The lowest BCUT2D eigenvalue weighted by atomic mass is 9.97. The number of amides is 1. The molecule has 0 saturated carbocycles. The molecule has 1 fully saturated rings. The molecule has 28 heavy (non-hydrogen) atoms. The molecule has 0 aromatic heterocycles. The standard InChI is InChI=1S/C20H22Cl2N2O3S/c21-18-7-6-17(19(22)12-18)13-23-20(25)16-8-10-24(11-9-16)28(26,27)14-15-4-2-1-3-5-15/h1-7,12,16H,8-11,13-14H2,(H,23,25). The SMILES string of the molecule is O=C(NCc1ccc(Cl)cc1Cl)C1CCN(S(=O)(=O)Cc2ccccc2)CC1. The van der Waals surface area contributed by atoms with Crippen LogP contribution in [0.4, 0.5) is 0 Å². The van der Waals surface area contributed by atoms with Crippen LogP contribution in [0.15, 0.2) is 48.5 Å². The number of rotatable bonds is 6. The van der Waals surface area contributed by atoms with Gasteiger partial charge in [0, 0.05) is 35.6 Å². The maximum absolute atomic E-state index is 12.6. The minimum atomic E-state index is -3.38. The fourth-order valence-corrected chi connectivity index (χ4v) is 5.30. The van der Waals surface area contributed by atoms with Crippen LogP contribution in [0.5, 0.6) is 0 Å². The summed E-state index contributed by atoms with van der Waals surface area (Å²) < 4.78 is 26.7. The van der Waals surface area contributed by atoms with Crippen molar-refractivity contribution < 1.29 is 13.2 Å². The lowest BCUT2D eigenvalue weighted by Gasteiger charge is -2.30. The molecule has 8 heteroatoms. The number of nitrogens with zero attached hydrogens (tertiary/aromatic N) is 1. The molecule has 1 saturated heterocycles. The van der Waals surface area contributed by atoms with Crippen LogP contribution >= 0.6 is 23.2 Å². The molecule has 1 heterocycles. The molecule has 3 rings (SSSR count). The Balaban J connectivity index is 1.51. The Kier molecular flexibility index (Phi) is 6.99. The van der Waals surface area contributed by atoms with Crippen molar-refractivity contribution in [1.82, 2.24) is 9.62 Å². The zero-order valence-electron chi connectivity index (χ0n) is 15.3. The van der Waals surface area contributed by atoms with Crippen LogP contribution < -0.4 is 5.32 Å². The van der Waals surface area contributed by atoms with E-state index in [1.165, 1.54) is 4.31 Å². The van der Waals surface area contributed by atoms with Crippen LogP contribution in [0.1, 0.15) is 24.0 Å². The number of piperidine rings is 1. The van der Waals surface area contributed by atoms with Crippen LogP contribution in [-0.4, -0.2) is 31.7 Å². The lowest BCUT2D eigenvalue weighted by Crippen LogP contribution is -2.43. The topological polar surface area (TPSA) is 66.5 Å². The number of benzene rings is 2.